The summed E-state index contributed by atoms with van der Waals surface area (Å²) < 4.78 is 47.4. The van der Waals surface area contributed by atoms with Crippen LogP contribution in [-0.2, 0) is 4.79 Å². The second-order valence-corrected chi connectivity index (χ2v) is 12.3. The average molecular weight is 636 g/mol. The molecule has 0 atom stereocenters. The zero-order chi connectivity index (χ0) is 30.6. The van der Waals surface area contributed by atoms with Gasteiger partial charge in [-0.1, -0.05) is 23.7 Å². The summed E-state index contributed by atoms with van der Waals surface area (Å²) in [7, 11) is 0. The van der Waals surface area contributed by atoms with Crippen LogP contribution in [0, 0.1) is 5.82 Å². The standard InChI is InChI=1S/C31H33ClF3N3O4S/c32-25-18-21(33)4-7-23(25)27-24(20-2-5-22(6-3-20)42-17-1-16-39)19-26(43-27)28(40)37-29(41)30(8-12-36-13-9-30)38-14-10-31(34,35)11-15-38/h2-7,18-19,36,39H,1,8-17H2,(H,37,40,41). The number of carbonyl (C=O) groups excluding carboxylic acids is 2. The Morgan fingerprint density at radius 3 is 2.37 bits per heavy atom. The summed E-state index contributed by atoms with van der Waals surface area (Å²) >= 11 is 7.55. The summed E-state index contributed by atoms with van der Waals surface area (Å²) in [5.74, 6) is -3.75. The minimum Gasteiger partial charge on any atom is -0.494 e. The largest absolute Gasteiger partial charge is 0.494 e. The van der Waals surface area contributed by atoms with Crippen molar-refractivity contribution in [2.45, 2.75) is 43.6 Å². The number of nitrogens with zero attached hydrogens (tertiary/aromatic N) is 1. The van der Waals surface area contributed by atoms with Crippen molar-refractivity contribution in [2.75, 3.05) is 39.4 Å². The number of nitrogens with one attached hydrogen (secondary N) is 2. The number of aliphatic hydroxyl groups is 1. The fourth-order valence-electron chi connectivity index (χ4n) is 5.65. The number of aliphatic hydroxyl groups excluding tert-OH is 1. The molecule has 2 amide bonds. The summed E-state index contributed by atoms with van der Waals surface area (Å²) in [4.78, 5) is 30.0. The molecule has 43 heavy (non-hydrogen) atoms. The molecule has 230 valence electrons. The normalized spacial score (nSPS) is 18.3. The number of likely N-dealkylation sites (tertiary alicyclic amines) is 1. The Morgan fingerprint density at radius 2 is 1.72 bits per heavy atom. The molecule has 0 bridgehead atoms. The van der Waals surface area contributed by atoms with Crippen molar-refractivity contribution in [1.29, 1.82) is 0 Å². The van der Waals surface area contributed by atoms with Gasteiger partial charge in [0.25, 0.3) is 11.8 Å². The van der Waals surface area contributed by atoms with E-state index in [2.05, 4.69) is 10.6 Å². The van der Waals surface area contributed by atoms with Crippen molar-refractivity contribution in [3.8, 4) is 27.3 Å². The van der Waals surface area contributed by atoms with E-state index in [9.17, 15) is 22.8 Å². The van der Waals surface area contributed by atoms with E-state index in [0.717, 1.165) is 16.9 Å². The quantitative estimate of drug-likeness (QED) is 0.205. The van der Waals surface area contributed by atoms with Gasteiger partial charge in [0.1, 0.15) is 17.1 Å². The van der Waals surface area contributed by atoms with Gasteiger partial charge in [-0.05, 0) is 67.9 Å². The summed E-state index contributed by atoms with van der Waals surface area (Å²) in [5, 5.41) is 14.9. The first-order valence-electron chi connectivity index (χ1n) is 14.2. The van der Waals surface area contributed by atoms with Gasteiger partial charge in [0.05, 0.1) is 16.5 Å². The first-order valence-corrected chi connectivity index (χ1v) is 15.4. The zero-order valence-electron chi connectivity index (χ0n) is 23.4. The molecule has 12 heteroatoms. The molecule has 0 spiro atoms. The van der Waals surface area contributed by atoms with E-state index in [1.807, 2.05) is 17.0 Å². The SMILES string of the molecule is O=C(NC(=O)C1(N2CCC(F)(F)CC2)CCNCC1)c1cc(-c2ccc(OCCCO)cc2)c(-c2ccc(F)cc2Cl)s1. The number of imide groups is 1. The van der Waals surface area contributed by atoms with Crippen LogP contribution in [0.5, 0.6) is 5.75 Å². The van der Waals surface area contributed by atoms with E-state index >= 15 is 0 Å². The molecule has 0 radical (unpaired) electrons. The maximum absolute atomic E-state index is 13.9. The van der Waals surface area contributed by atoms with Gasteiger partial charge >= 0.3 is 0 Å². The second-order valence-electron chi connectivity index (χ2n) is 10.8. The van der Waals surface area contributed by atoms with E-state index < -0.39 is 29.1 Å². The fraction of sp³-hybridized carbons (Fsp3) is 0.419. The van der Waals surface area contributed by atoms with Crippen LogP contribution in [0.4, 0.5) is 13.2 Å². The van der Waals surface area contributed by atoms with Gasteiger partial charge in [0.2, 0.25) is 5.91 Å². The van der Waals surface area contributed by atoms with Crippen molar-refractivity contribution < 1.29 is 32.6 Å². The molecule has 2 aliphatic heterocycles. The highest BCUT2D eigenvalue weighted by Gasteiger charge is 2.48. The highest BCUT2D eigenvalue weighted by Crippen LogP contribution is 2.43. The van der Waals surface area contributed by atoms with E-state index in [4.69, 9.17) is 21.4 Å². The number of piperidine rings is 2. The molecule has 0 aliphatic carbocycles. The Kier molecular flexibility index (Phi) is 9.77. The lowest BCUT2D eigenvalue weighted by atomic mass is 9.83. The Balaban J connectivity index is 1.43. The second kappa shape index (κ2) is 13.4. The van der Waals surface area contributed by atoms with Gasteiger partial charge < -0.3 is 15.2 Å². The van der Waals surface area contributed by atoms with Crippen molar-refractivity contribution in [1.82, 2.24) is 15.5 Å². The minimum atomic E-state index is -2.76. The summed E-state index contributed by atoms with van der Waals surface area (Å²) in [6, 6.07) is 12.9. The number of hydrogen-bond donors (Lipinski definition) is 3. The van der Waals surface area contributed by atoms with Crippen LogP contribution >= 0.6 is 22.9 Å². The number of halogens is 4. The minimum absolute atomic E-state index is 0.0219. The molecule has 5 rings (SSSR count). The van der Waals surface area contributed by atoms with Crippen LogP contribution in [0.15, 0.2) is 48.5 Å². The number of amides is 2. The number of thiophene rings is 1. The molecule has 3 heterocycles. The van der Waals surface area contributed by atoms with Gasteiger partial charge in [0, 0.05) is 55.0 Å². The Morgan fingerprint density at radius 1 is 1.02 bits per heavy atom. The van der Waals surface area contributed by atoms with Crippen molar-refractivity contribution in [3.63, 3.8) is 0 Å². The molecule has 7 nitrogen and oxygen atoms in total. The van der Waals surface area contributed by atoms with Gasteiger partial charge in [-0.2, -0.15) is 0 Å². The molecule has 2 aromatic carbocycles. The van der Waals surface area contributed by atoms with Gasteiger partial charge in [-0.3, -0.25) is 19.8 Å². The van der Waals surface area contributed by atoms with Crippen molar-refractivity contribution >= 4 is 34.8 Å². The number of alkyl halides is 2. The van der Waals surface area contributed by atoms with Gasteiger partial charge in [0.15, 0.2) is 0 Å². The molecular formula is C31H33ClF3N3O4S. The third kappa shape index (κ3) is 7.07. The molecule has 1 aromatic heterocycles. The Bertz CT molecular complexity index is 1450. The highest BCUT2D eigenvalue weighted by atomic mass is 35.5. The van der Waals surface area contributed by atoms with Crippen LogP contribution in [0.2, 0.25) is 5.02 Å². The van der Waals surface area contributed by atoms with Crippen LogP contribution in [-0.4, -0.2) is 72.7 Å². The summed E-state index contributed by atoms with van der Waals surface area (Å²) in [6.07, 6.45) is 0.640. The molecule has 2 saturated heterocycles. The molecular weight excluding hydrogens is 603 g/mol. The summed E-state index contributed by atoms with van der Waals surface area (Å²) in [6.45, 7) is 1.60. The fourth-order valence-corrected chi connectivity index (χ4v) is 7.08. The maximum Gasteiger partial charge on any atom is 0.268 e. The molecule has 2 fully saturated rings. The maximum atomic E-state index is 13.9. The van der Waals surface area contributed by atoms with Crippen LogP contribution in [0.1, 0.15) is 41.8 Å². The first-order chi connectivity index (χ1) is 20.6. The topological polar surface area (TPSA) is 90.9 Å². The number of rotatable bonds is 9. The lowest BCUT2D eigenvalue weighted by Gasteiger charge is -2.47. The van der Waals surface area contributed by atoms with E-state index in [-0.39, 0.29) is 42.4 Å². The predicted molar refractivity (Wildman–Crippen MR) is 160 cm³/mol. The molecule has 3 N–H and O–H groups in total. The molecule has 0 unspecified atom stereocenters. The van der Waals surface area contributed by atoms with E-state index in [0.29, 0.717) is 60.7 Å². The summed E-state index contributed by atoms with van der Waals surface area (Å²) in [5.41, 5.74) is 0.871. The Labute approximate surface area is 257 Å². The van der Waals surface area contributed by atoms with Crippen molar-refractivity contribution in [3.05, 3.63) is 64.2 Å². The number of carbonyl (C=O) groups is 2. The first kappa shape index (κ1) is 31.5. The zero-order valence-corrected chi connectivity index (χ0v) is 25.0. The van der Waals surface area contributed by atoms with Crippen molar-refractivity contribution in [2.24, 2.45) is 0 Å². The van der Waals surface area contributed by atoms with Crippen LogP contribution < -0.4 is 15.4 Å². The Hall–Kier alpha value is -2.96. The molecule has 3 aromatic rings. The molecule has 0 saturated carbocycles. The number of hydrogen-bond acceptors (Lipinski definition) is 7. The van der Waals surface area contributed by atoms with E-state index in [1.165, 1.54) is 12.1 Å². The van der Waals surface area contributed by atoms with Crippen LogP contribution in [0.3, 0.4) is 0 Å². The molecule has 2 aliphatic rings. The third-order valence-corrected chi connectivity index (χ3v) is 9.53. The van der Waals surface area contributed by atoms with Crippen LogP contribution in [0.25, 0.3) is 21.6 Å². The average Bonchev–Trinajstić information content (AvgIpc) is 3.43. The third-order valence-electron chi connectivity index (χ3n) is 8.05. The highest BCUT2D eigenvalue weighted by molar-refractivity contribution is 7.18. The van der Waals surface area contributed by atoms with Gasteiger partial charge in [-0.25, -0.2) is 13.2 Å². The van der Waals surface area contributed by atoms with E-state index in [1.54, 1.807) is 24.3 Å². The smallest absolute Gasteiger partial charge is 0.268 e. The monoisotopic (exact) mass is 635 g/mol. The van der Waals surface area contributed by atoms with Gasteiger partial charge in [-0.15, -0.1) is 11.3 Å². The number of benzene rings is 2. The lowest BCUT2D eigenvalue weighted by Crippen LogP contribution is -2.65. The number of ether oxygens (including phenoxy) is 1. The lowest BCUT2D eigenvalue weighted by molar-refractivity contribution is -0.141. The predicted octanol–water partition coefficient (Wildman–Crippen LogP) is 5.75.